The van der Waals surface area contributed by atoms with E-state index in [0.717, 1.165) is 53.1 Å². The zero-order chi connectivity index (χ0) is 24.6. The Labute approximate surface area is 210 Å². The van der Waals surface area contributed by atoms with Crippen molar-refractivity contribution in [3.8, 4) is 16.9 Å². The number of aliphatic hydroxyl groups excluding tert-OH is 1. The van der Waals surface area contributed by atoms with Crippen LogP contribution in [0.1, 0.15) is 34.1 Å². The van der Waals surface area contributed by atoms with E-state index in [0.29, 0.717) is 6.42 Å². The molecular formula is C30H29N5O. The van der Waals surface area contributed by atoms with Crippen molar-refractivity contribution in [3.05, 3.63) is 107 Å². The van der Waals surface area contributed by atoms with Gasteiger partial charge in [-0.05, 0) is 78.7 Å². The number of rotatable bonds is 5. The fourth-order valence-corrected chi connectivity index (χ4v) is 5.41. The van der Waals surface area contributed by atoms with Gasteiger partial charge in [-0.15, -0.1) is 0 Å². The topological polar surface area (TPSA) is 67.1 Å². The molecule has 0 saturated heterocycles. The fraction of sp³-hybridized carbons (Fsp3) is 0.233. The second-order valence-corrected chi connectivity index (χ2v) is 9.71. The van der Waals surface area contributed by atoms with E-state index in [1.165, 1.54) is 22.2 Å². The molecule has 5 heterocycles. The average molecular weight is 476 g/mol. The summed E-state index contributed by atoms with van der Waals surface area (Å²) in [5.41, 5.74) is 9.21. The van der Waals surface area contributed by atoms with Crippen LogP contribution in [0, 0.1) is 6.92 Å². The largest absolute Gasteiger partial charge is 0.388 e. The highest BCUT2D eigenvalue weighted by molar-refractivity contribution is 5.91. The molecule has 4 aromatic heterocycles. The summed E-state index contributed by atoms with van der Waals surface area (Å²) in [7, 11) is 2.18. The summed E-state index contributed by atoms with van der Waals surface area (Å²) >= 11 is 0. The summed E-state index contributed by atoms with van der Waals surface area (Å²) in [4.78, 5) is 15.5. The number of fused-ring (bicyclic) bond motifs is 3. The van der Waals surface area contributed by atoms with Crippen LogP contribution in [0.3, 0.4) is 0 Å². The molecule has 0 amide bonds. The van der Waals surface area contributed by atoms with Crippen molar-refractivity contribution in [2.45, 2.75) is 32.4 Å². The van der Waals surface area contributed by atoms with Crippen molar-refractivity contribution < 1.29 is 5.11 Å². The van der Waals surface area contributed by atoms with E-state index in [4.69, 9.17) is 4.98 Å². The molecule has 6 rings (SSSR count). The number of nitrogens with zero attached hydrogens (tertiary/aromatic N) is 5. The molecule has 0 spiro atoms. The molecule has 36 heavy (non-hydrogen) atoms. The second-order valence-electron chi connectivity index (χ2n) is 9.71. The molecule has 1 aliphatic heterocycles. The summed E-state index contributed by atoms with van der Waals surface area (Å²) in [6, 6.07) is 16.5. The van der Waals surface area contributed by atoms with Gasteiger partial charge < -0.3 is 10.0 Å². The van der Waals surface area contributed by atoms with Crippen molar-refractivity contribution in [3.63, 3.8) is 0 Å². The Kier molecular flexibility index (Phi) is 5.83. The Hall–Kier alpha value is -3.87. The molecule has 0 fully saturated rings. The molecule has 5 aromatic rings. The molecule has 0 radical (unpaired) electrons. The lowest BCUT2D eigenvalue weighted by Crippen LogP contribution is -2.27. The number of pyridine rings is 3. The van der Waals surface area contributed by atoms with Gasteiger partial charge in [0, 0.05) is 73.6 Å². The van der Waals surface area contributed by atoms with Crippen LogP contribution in [-0.2, 0) is 19.4 Å². The van der Waals surface area contributed by atoms with E-state index in [-0.39, 0.29) is 0 Å². The van der Waals surface area contributed by atoms with Crippen molar-refractivity contribution in [1.82, 2.24) is 24.4 Å². The fourth-order valence-electron chi connectivity index (χ4n) is 5.41. The highest BCUT2D eigenvalue weighted by Crippen LogP contribution is 2.37. The van der Waals surface area contributed by atoms with Crippen molar-refractivity contribution >= 4 is 10.9 Å². The third-order valence-corrected chi connectivity index (χ3v) is 7.15. The van der Waals surface area contributed by atoms with Crippen LogP contribution in [0.5, 0.6) is 0 Å². The summed E-state index contributed by atoms with van der Waals surface area (Å²) in [5, 5.41) is 12.4. The Balaban J connectivity index is 1.52. The minimum atomic E-state index is -0.608. The number of hydrogen-bond donors (Lipinski definition) is 1. The van der Waals surface area contributed by atoms with Gasteiger partial charge in [-0.1, -0.05) is 11.6 Å². The Morgan fingerprint density at radius 2 is 1.69 bits per heavy atom. The summed E-state index contributed by atoms with van der Waals surface area (Å²) in [6.45, 7) is 4.05. The van der Waals surface area contributed by atoms with Gasteiger partial charge in [0.05, 0.1) is 11.6 Å². The lowest BCUT2D eigenvalue weighted by molar-refractivity contribution is 0.178. The van der Waals surface area contributed by atoms with Gasteiger partial charge in [0.2, 0.25) is 0 Å². The van der Waals surface area contributed by atoms with E-state index in [2.05, 4.69) is 57.7 Å². The molecule has 1 unspecified atom stereocenters. The van der Waals surface area contributed by atoms with Crippen molar-refractivity contribution in [1.29, 1.82) is 0 Å². The molecule has 0 aliphatic carbocycles. The lowest BCUT2D eigenvalue weighted by Gasteiger charge is -2.24. The van der Waals surface area contributed by atoms with Gasteiger partial charge in [-0.3, -0.25) is 14.5 Å². The highest BCUT2D eigenvalue weighted by Gasteiger charge is 2.26. The van der Waals surface area contributed by atoms with Crippen LogP contribution in [0.4, 0.5) is 0 Å². The first-order valence-electron chi connectivity index (χ1n) is 12.4. The minimum absolute atomic E-state index is 0.524. The second kappa shape index (κ2) is 9.30. The van der Waals surface area contributed by atoms with Crippen molar-refractivity contribution in [2.24, 2.45) is 0 Å². The lowest BCUT2D eigenvalue weighted by atomic mass is 9.97. The molecule has 1 aliphatic rings. The number of aromatic nitrogens is 4. The predicted molar refractivity (Wildman–Crippen MR) is 142 cm³/mol. The Morgan fingerprint density at radius 1 is 0.944 bits per heavy atom. The van der Waals surface area contributed by atoms with Gasteiger partial charge >= 0.3 is 0 Å². The van der Waals surface area contributed by atoms with Gasteiger partial charge in [0.1, 0.15) is 5.82 Å². The van der Waals surface area contributed by atoms with Crippen LogP contribution >= 0.6 is 0 Å². The Morgan fingerprint density at radius 3 is 2.42 bits per heavy atom. The molecule has 1 atom stereocenters. The average Bonchev–Trinajstić information content (AvgIpc) is 3.23. The van der Waals surface area contributed by atoms with E-state index in [1.54, 1.807) is 24.8 Å². The maximum atomic E-state index is 11.1. The number of likely N-dealkylation sites (N-methyl/N-ethyl adjacent to an activating group) is 1. The summed E-state index contributed by atoms with van der Waals surface area (Å²) < 4.78 is 2.34. The quantitative estimate of drug-likeness (QED) is 0.385. The van der Waals surface area contributed by atoms with E-state index in [9.17, 15) is 5.11 Å². The number of benzene rings is 1. The number of hydrogen-bond acceptors (Lipinski definition) is 5. The standard InChI is InChI=1S/C30H29N5O/c1-20-15-24(17-28(36)22-7-12-32-13-8-22)30-25(16-20)26-19-34(2)14-9-27(26)35(30)29-4-3-23(18-33-29)21-5-10-31-11-6-21/h3-8,10-13,15-16,18,28,36H,9,14,17,19H2,1-2H3. The minimum Gasteiger partial charge on any atom is -0.388 e. The van der Waals surface area contributed by atoms with Gasteiger partial charge in [-0.25, -0.2) is 4.98 Å². The smallest absolute Gasteiger partial charge is 0.137 e. The molecule has 180 valence electrons. The number of aryl methyl sites for hydroxylation is 1. The maximum Gasteiger partial charge on any atom is 0.137 e. The zero-order valence-electron chi connectivity index (χ0n) is 20.6. The molecule has 6 heteroatoms. The third-order valence-electron chi connectivity index (χ3n) is 7.15. The normalized spacial score (nSPS) is 14.6. The van der Waals surface area contributed by atoms with Crippen molar-refractivity contribution in [2.75, 3.05) is 13.6 Å². The summed E-state index contributed by atoms with van der Waals surface area (Å²) in [5.74, 6) is 0.909. The maximum absolute atomic E-state index is 11.1. The van der Waals surface area contributed by atoms with Crippen LogP contribution in [0.15, 0.2) is 79.5 Å². The van der Waals surface area contributed by atoms with Crippen LogP contribution in [0.2, 0.25) is 0 Å². The Bertz CT molecular complexity index is 1510. The molecule has 0 saturated carbocycles. The predicted octanol–water partition coefficient (Wildman–Crippen LogP) is 5.05. The monoisotopic (exact) mass is 475 g/mol. The zero-order valence-corrected chi connectivity index (χ0v) is 20.6. The first-order chi connectivity index (χ1) is 17.6. The van der Waals surface area contributed by atoms with E-state index < -0.39 is 6.10 Å². The first kappa shape index (κ1) is 22.6. The van der Waals surface area contributed by atoms with Crippen LogP contribution < -0.4 is 0 Å². The third kappa shape index (κ3) is 4.08. The van der Waals surface area contributed by atoms with E-state index >= 15 is 0 Å². The SMILES string of the molecule is Cc1cc(CC(O)c2ccncc2)c2c(c1)c1c(n2-c2ccc(-c3ccncc3)cn2)CCN(C)C1. The van der Waals surface area contributed by atoms with Crippen LogP contribution in [0.25, 0.3) is 27.8 Å². The van der Waals surface area contributed by atoms with Gasteiger partial charge in [0.25, 0.3) is 0 Å². The molecular weight excluding hydrogens is 446 g/mol. The first-order valence-corrected chi connectivity index (χ1v) is 12.4. The molecule has 6 nitrogen and oxygen atoms in total. The molecule has 0 bridgehead atoms. The van der Waals surface area contributed by atoms with Gasteiger partial charge in [-0.2, -0.15) is 0 Å². The van der Waals surface area contributed by atoms with Crippen LogP contribution in [-0.4, -0.2) is 43.1 Å². The number of aliphatic hydroxyl groups is 1. The summed E-state index contributed by atoms with van der Waals surface area (Å²) in [6.07, 6.45) is 9.89. The molecule has 1 aromatic carbocycles. The molecule has 1 N–H and O–H groups in total. The highest BCUT2D eigenvalue weighted by atomic mass is 16.3. The van der Waals surface area contributed by atoms with E-state index in [1.807, 2.05) is 30.5 Å². The van der Waals surface area contributed by atoms with Gasteiger partial charge in [0.15, 0.2) is 0 Å².